The average Bonchev–Trinajstić information content (AvgIpc) is 3.06. The molecule has 2 aromatic rings. The molecule has 3 rings (SSSR count). The minimum Gasteiger partial charge on any atom is -0.455 e. The summed E-state index contributed by atoms with van der Waals surface area (Å²) < 4.78 is 18.1. The fraction of sp³-hybridized carbons (Fsp3) is 0.286. The van der Waals surface area contributed by atoms with Crippen LogP contribution in [-0.2, 0) is 19.1 Å². The van der Waals surface area contributed by atoms with Crippen molar-refractivity contribution in [2.45, 2.75) is 20.3 Å². The molecule has 1 atom stereocenters. The number of rotatable bonds is 5. The number of halogens is 1. The van der Waals surface area contributed by atoms with E-state index >= 15 is 0 Å². The van der Waals surface area contributed by atoms with Gasteiger partial charge in [0.2, 0.25) is 5.91 Å². The number of hydrogen-bond donors (Lipinski definition) is 1. The maximum absolute atomic E-state index is 13.0. The fourth-order valence-electron chi connectivity index (χ4n) is 3.06. The van der Waals surface area contributed by atoms with Crippen LogP contribution >= 0.6 is 0 Å². The van der Waals surface area contributed by atoms with Crippen molar-refractivity contribution < 1.29 is 23.5 Å². The van der Waals surface area contributed by atoms with Gasteiger partial charge in [-0.1, -0.05) is 12.1 Å². The Balaban J connectivity index is 1.53. The van der Waals surface area contributed by atoms with Crippen LogP contribution in [0.4, 0.5) is 15.8 Å². The molecule has 0 unspecified atom stereocenters. The molecule has 1 saturated heterocycles. The van der Waals surface area contributed by atoms with Gasteiger partial charge in [0.15, 0.2) is 6.61 Å². The molecule has 2 amide bonds. The van der Waals surface area contributed by atoms with Gasteiger partial charge in [-0.05, 0) is 55.3 Å². The second-order valence-corrected chi connectivity index (χ2v) is 6.79. The number of nitrogens with zero attached hydrogens (tertiary/aromatic N) is 1. The number of benzene rings is 2. The number of aryl methyl sites for hydroxylation is 1. The molecule has 6 nitrogen and oxygen atoms in total. The monoisotopic (exact) mass is 384 g/mol. The summed E-state index contributed by atoms with van der Waals surface area (Å²) in [4.78, 5) is 37.9. The lowest BCUT2D eigenvalue weighted by Gasteiger charge is -2.16. The van der Waals surface area contributed by atoms with Crippen LogP contribution < -0.4 is 10.2 Å². The third-order valence-corrected chi connectivity index (χ3v) is 4.82. The molecule has 0 aliphatic carbocycles. The zero-order chi connectivity index (χ0) is 20.3. The molecule has 7 heteroatoms. The van der Waals surface area contributed by atoms with E-state index in [1.165, 1.54) is 29.2 Å². The molecule has 1 heterocycles. The summed E-state index contributed by atoms with van der Waals surface area (Å²) in [6, 6.07) is 11.0. The molecule has 0 radical (unpaired) electrons. The molecule has 0 spiro atoms. The largest absolute Gasteiger partial charge is 0.455 e. The number of esters is 1. The lowest BCUT2D eigenvalue weighted by Crippen LogP contribution is -2.28. The van der Waals surface area contributed by atoms with E-state index in [9.17, 15) is 18.8 Å². The van der Waals surface area contributed by atoms with Gasteiger partial charge in [-0.15, -0.1) is 0 Å². The van der Waals surface area contributed by atoms with E-state index < -0.39 is 30.2 Å². The van der Waals surface area contributed by atoms with E-state index in [0.29, 0.717) is 11.4 Å². The number of ether oxygens (including phenoxy) is 1. The lowest BCUT2D eigenvalue weighted by atomic mass is 10.1. The number of amides is 2. The first-order chi connectivity index (χ1) is 13.3. The molecule has 1 aliphatic heterocycles. The minimum atomic E-state index is -0.661. The SMILES string of the molecule is Cc1cccc(NC(=O)COC(=O)[C@@H]2CC(=O)N(c3ccc(F)cc3)C2)c1C. The van der Waals surface area contributed by atoms with Crippen molar-refractivity contribution in [3.8, 4) is 0 Å². The topological polar surface area (TPSA) is 75.7 Å². The Morgan fingerprint density at radius 2 is 1.89 bits per heavy atom. The van der Waals surface area contributed by atoms with E-state index in [1.54, 1.807) is 6.07 Å². The van der Waals surface area contributed by atoms with Crippen molar-refractivity contribution in [2.24, 2.45) is 5.92 Å². The first-order valence-electron chi connectivity index (χ1n) is 8.94. The molecule has 146 valence electrons. The summed E-state index contributed by atoms with van der Waals surface area (Å²) in [5, 5.41) is 2.72. The Labute approximate surface area is 162 Å². The number of carbonyl (C=O) groups is 3. The molecule has 0 saturated carbocycles. The second-order valence-electron chi connectivity index (χ2n) is 6.79. The predicted octanol–water partition coefficient (Wildman–Crippen LogP) is 2.98. The van der Waals surface area contributed by atoms with Gasteiger partial charge in [-0.2, -0.15) is 0 Å². The summed E-state index contributed by atoms with van der Waals surface area (Å²) in [6.07, 6.45) is -0.00514. The van der Waals surface area contributed by atoms with Crippen LogP contribution in [0.15, 0.2) is 42.5 Å². The molecular formula is C21H21FN2O4. The molecule has 28 heavy (non-hydrogen) atoms. The van der Waals surface area contributed by atoms with Crippen molar-refractivity contribution in [3.05, 3.63) is 59.4 Å². The highest BCUT2D eigenvalue weighted by Gasteiger charge is 2.36. The Bertz CT molecular complexity index is 911. The Morgan fingerprint density at radius 1 is 1.18 bits per heavy atom. The van der Waals surface area contributed by atoms with E-state index in [1.807, 2.05) is 26.0 Å². The molecular weight excluding hydrogens is 363 g/mol. The van der Waals surface area contributed by atoms with Gasteiger partial charge in [0.1, 0.15) is 5.82 Å². The van der Waals surface area contributed by atoms with Gasteiger partial charge in [0.25, 0.3) is 5.91 Å². The zero-order valence-electron chi connectivity index (χ0n) is 15.7. The molecule has 2 aromatic carbocycles. The lowest BCUT2D eigenvalue weighted by molar-refractivity contribution is -0.151. The first kappa shape index (κ1) is 19.5. The zero-order valence-corrected chi connectivity index (χ0v) is 15.7. The van der Waals surface area contributed by atoms with Crippen molar-refractivity contribution in [1.82, 2.24) is 0 Å². The van der Waals surface area contributed by atoms with Gasteiger partial charge in [-0.25, -0.2) is 4.39 Å². The van der Waals surface area contributed by atoms with Gasteiger partial charge in [-0.3, -0.25) is 14.4 Å². The second kappa shape index (κ2) is 8.21. The van der Waals surface area contributed by atoms with Crippen molar-refractivity contribution >= 4 is 29.2 Å². The molecule has 0 bridgehead atoms. The average molecular weight is 384 g/mol. The van der Waals surface area contributed by atoms with Crippen LogP contribution in [0, 0.1) is 25.6 Å². The number of hydrogen-bond acceptors (Lipinski definition) is 4. The minimum absolute atomic E-state index is 0.00514. The number of carbonyl (C=O) groups excluding carboxylic acids is 3. The number of anilines is 2. The van der Waals surface area contributed by atoms with Gasteiger partial charge in [0, 0.05) is 24.3 Å². The summed E-state index contributed by atoms with van der Waals surface area (Å²) >= 11 is 0. The summed E-state index contributed by atoms with van der Waals surface area (Å²) in [5.41, 5.74) is 3.17. The summed E-state index contributed by atoms with van der Waals surface area (Å²) in [7, 11) is 0. The van der Waals surface area contributed by atoms with Crippen molar-refractivity contribution in [1.29, 1.82) is 0 Å². The Hall–Kier alpha value is -3.22. The number of nitrogens with one attached hydrogen (secondary N) is 1. The maximum atomic E-state index is 13.0. The van der Waals surface area contributed by atoms with E-state index in [4.69, 9.17) is 4.74 Å². The highest BCUT2D eigenvalue weighted by atomic mass is 19.1. The van der Waals surface area contributed by atoms with Crippen molar-refractivity contribution in [3.63, 3.8) is 0 Å². The van der Waals surface area contributed by atoms with Crippen molar-refractivity contribution in [2.75, 3.05) is 23.4 Å². The van der Waals surface area contributed by atoms with E-state index in [2.05, 4.69) is 5.32 Å². The fourth-order valence-corrected chi connectivity index (χ4v) is 3.06. The highest BCUT2D eigenvalue weighted by Crippen LogP contribution is 2.26. The van der Waals surface area contributed by atoms with E-state index in [0.717, 1.165) is 11.1 Å². The summed E-state index contributed by atoms with van der Waals surface area (Å²) in [5.74, 6) is -2.35. The molecule has 1 fully saturated rings. The smallest absolute Gasteiger partial charge is 0.311 e. The van der Waals surface area contributed by atoms with Crippen LogP contribution in [0.3, 0.4) is 0 Å². The molecule has 0 aromatic heterocycles. The van der Waals surface area contributed by atoms with Crippen LogP contribution in [0.2, 0.25) is 0 Å². The third kappa shape index (κ3) is 4.36. The summed E-state index contributed by atoms with van der Waals surface area (Å²) in [6.45, 7) is 3.55. The van der Waals surface area contributed by atoms with Crippen LogP contribution in [0.5, 0.6) is 0 Å². The van der Waals surface area contributed by atoms with Crippen LogP contribution in [-0.4, -0.2) is 30.9 Å². The first-order valence-corrected chi connectivity index (χ1v) is 8.94. The van der Waals surface area contributed by atoms with E-state index in [-0.39, 0.29) is 18.9 Å². The quantitative estimate of drug-likeness (QED) is 0.804. The van der Waals surface area contributed by atoms with Crippen LogP contribution in [0.25, 0.3) is 0 Å². The highest BCUT2D eigenvalue weighted by molar-refractivity contribution is 6.00. The standard InChI is InChI=1S/C21H21FN2O4/c1-13-4-3-5-18(14(13)2)23-19(25)12-28-21(27)15-10-20(26)24(11-15)17-8-6-16(22)7-9-17/h3-9,15H,10-12H2,1-2H3,(H,23,25)/t15-/m1/s1. The van der Waals surface area contributed by atoms with Gasteiger partial charge in [0.05, 0.1) is 5.92 Å². The van der Waals surface area contributed by atoms with Crippen LogP contribution in [0.1, 0.15) is 17.5 Å². The van der Waals surface area contributed by atoms with Gasteiger partial charge < -0.3 is 15.0 Å². The predicted molar refractivity (Wildman–Crippen MR) is 102 cm³/mol. The molecule has 1 N–H and O–H groups in total. The Kier molecular flexibility index (Phi) is 5.73. The normalized spacial score (nSPS) is 16.2. The maximum Gasteiger partial charge on any atom is 0.311 e. The third-order valence-electron chi connectivity index (χ3n) is 4.82. The Morgan fingerprint density at radius 3 is 2.61 bits per heavy atom. The van der Waals surface area contributed by atoms with Gasteiger partial charge >= 0.3 is 5.97 Å². The molecule has 1 aliphatic rings.